The van der Waals surface area contributed by atoms with E-state index in [2.05, 4.69) is 21.3 Å². The number of rotatable bonds is 4. The van der Waals surface area contributed by atoms with E-state index in [9.17, 15) is 18.8 Å². The van der Waals surface area contributed by atoms with Crippen LogP contribution in [0.25, 0.3) is 0 Å². The molecule has 152 valence electrons. The monoisotopic (exact) mass is 420 g/mol. The Kier molecular flexibility index (Phi) is 6.88. The van der Waals surface area contributed by atoms with Gasteiger partial charge < -0.3 is 15.4 Å². The topological polar surface area (TPSA) is 109 Å². The van der Waals surface area contributed by atoms with Gasteiger partial charge >= 0.3 is 6.09 Å². The van der Waals surface area contributed by atoms with E-state index in [4.69, 9.17) is 4.74 Å². The lowest BCUT2D eigenvalue weighted by Crippen LogP contribution is -2.50. The summed E-state index contributed by atoms with van der Waals surface area (Å²) in [6, 6.07) is 0.231. The van der Waals surface area contributed by atoms with Gasteiger partial charge in [-0.25, -0.2) is 9.18 Å². The molecule has 3 heterocycles. The number of alkyl carbamates (subject to hydrolysis) is 1. The zero-order chi connectivity index (χ0) is 19.6. The lowest BCUT2D eigenvalue weighted by atomic mass is 10.1. The van der Waals surface area contributed by atoms with E-state index in [1.54, 1.807) is 13.8 Å². The molecule has 0 aliphatic carbocycles. The lowest BCUT2D eigenvalue weighted by molar-refractivity contribution is -0.125. The Labute approximate surface area is 165 Å². The summed E-state index contributed by atoms with van der Waals surface area (Å²) in [5.74, 6) is -1.74. The van der Waals surface area contributed by atoms with Gasteiger partial charge in [0, 0.05) is 12.5 Å². The molecule has 0 radical (unpaired) electrons. The molecule has 3 amide bonds. The fourth-order valence-electron chi connectivity index (χ4n) is 3.36. The van der Waals surface area contributed by atoms with Crippen LogP contribution in [-0.2, 0) is 14.3 Å². The molecule has 0 bridgehead atoms. The number of fused-ring (bicyclic) bond motifs is 1. The quantitative estimate of drug-likeness (QED) is 0.531. The first-order valence-electron chi connectivity index (χ1n) is 9.09. The highest BCUT2D eigenvalue weighted by atomic mass is 32.2. The number of carbonyl (C=O) groups excluding carboxylic acids is 3. The first-order chi connectivity index (χ1) is 12.8. The third-order valence-electron chi connectivity index (χ3n) is 4.58. The van der Waals surface area contributed by atoms with E-state index in [1.165, 1.54) is 11.8 Å². The summed E-state index contributed by atoms with van der Waals surface area (Å²) >= 11 is 2.39. The Morgan fingerprint density at radius 1 is 1.22 bits per heavy atom. The van der Waals surface area contributed by atoms with Crippen molar-refractivity contribution in [2.45, 2.75) is 66.9 Å². The standard InChI is InChI=1S/C16H25FN4O4S2/c1-7(2)25-16(24)21-11(22)8-6-10(17)26-13(8)20-12(23)15-19-9-4-3-5-18-14(9)27-15/h7-10,13-15,18-19H,3-6H2,1-2H3,(H,20,23)(H,21,22,24). The van der Waals surface area contributed by atoms with Crippen LogP contribution in [0.2, 0.25) is 0 Å². The Morgan fingerprint density at radius 3 is 2.70 bits per heavy atom. The van der Waals surface area contributed by atoms with Gasteiger partial charge in [-0.1, -0.05) is 11.8 Å². The fourth-order valence-corrected chi connectivity index (χ4v) is 5.96. The first kappa shape index (κ1) is 20.7. The Bertz CT molecular complexity index is 583. The third kappa shape index (κ3) is 5.27. The SMILES string of the molecule is CC(C)OC(=O)NC(=O)C1CC(F)SC1NC(=O)C1NC2CCCNC2S1. The average molecular weight is 421 g/mol. The van der Waals surface area contributed by atoms with E-state index in [0.29, 0.717) is 0 Å². The van der Waals surface area contributed by atoms with Gasteiger partial charge in [0.25, 0.3) is 0 Å². The molecule has 27 heavy (non-hydrogen) atoms. The summed E-state index contributed by atoms with van der Waals surface area (Å²) in [5, 5.41) is 10.6. The van der Waals surface area contributed by atoms with Gasteiger partial charge in [0.15, 0.2) is 0 Å². The maximum absolute atomic E-state index is 13.9. The second-order valence-electron chi connectivity index (χ2n) is 7.07. The van der Waals surface area contributed by atoms with Crippen molar-refractivity contribution in [1.29, 1.82) is 0 Å². The molecule has 0 aromatic rings. The molecule has 8 nitrogen and oxygen atoms in total. The molecule has 3 aliphatic heterocycles. The molecule has 0 saturated carbocycles. The molecule has 0 spiro atoms. The number of imide groups is 1. The van der Waals surface area contributed by atoms with Gasteiger partial charge in [0.05, 0.1) is 22.8 Å². The van der Waals surface area contributed by atoms with Crippen molar-refractivity contribution in [1.82, 2.24) is 21.3 Å². The van der Waals surface area contributed by atoms with Gasteiger partial charge in [-0.15, -0.1) is 11.8 Å². The summed E-state index contributed by atoms with van der Waals surface area (Å²) in [6.07, 6.45) is 0.759. The third-order valence-corrected chi connectivity index (χ3v) is 7.22. The summed E-state index contributed by atoms with van der Waals surface area (Å²) in [4.78, 5) is 36.6. The molecular formula is C16H25FN4O4S2. The smallest absolute Gasteiger partial charge is 0.414 e. The van der Waals surface area contributed by atoms with E-state index in [-0.39, 0.29) is 29.8 Å². The number of nitrogens with one attached hydrogen (secondary N) is 4. The minimum absolute atomic E-state index is 0.0611. The van der Waals surface area contributed by atoms with Crippen LogP contribution in [0.3, 0.4) is 0 Å². The largest absolute Gasteiger partial charge is 0.447 e. The van der Waals surface area contributed by atoms with Gasteiger partial charge in [0.1, 0.15) is 10.9 Å². The van der Waals surface area contributed by atoms with Crippen molar-refractivity contribution in [2.75, 3.05) is 6.54 Å². The predicted octanol–water partition coefficient (Wildman–Crippen LogP) is 0.879. The molecule has 11 heteroatoms. The number of amides is 3. The van der Waals surface area contributed by atoms with Crippen LogP contribution in [0.1, 0.15) is 33.1 Å². The maximum atomic E-state index is 13.9. The second-order valence-corrected chi connectivity index (χ2v) is 9.61. The average Bonchev–Trinajstić information content (AvgIpc) is 3.17. The number of thioether (sulfide) groups is 2. The number of hydrogen-bond donors (Lipinski definition) is 4. The highest BCUT2D eigenvalue weighted by molar-refractivity contribution is 8.01. The normalized spacial score (nSPS) is 35.6. The van der Waals surface area contributed by atoms with Crippen molar-refractivity contribution >= 4 is 41.4 Å². The Hall–Kier alpha value is -1.04. The van der Waals surface area contributed by atoms with E-state index >= 15 is 0 Å². The molecule has 6 unspecified atom stereocenters. The van der Waals surface area contributed by atoms with Crippen molar-refractivity contribution in [3.8, 4) is 0 Å². The predicted molar refractivity (Wildman–Crippen MR) is 102 cm³/mol. The molecule has 6 atom stereocenters. The maximum Gasteiger partial charge on any atom is 0.414 e. The number of halogens is 1. The molecule has 3 fully saturated rings. The van der Waals surface area contributed by atoms with E-state index in [0.717, 1.165) is 31.1 Å². The zero-order valence-corrected chi connectivity index (χ0v) is 16.8. The molecule has 3 saturated heterocycles. The number of ether oxygens (including phenoxy) is 1. The molecule has 4 N–H and O–H groups in total. The second kappa shape index (κ2) is 8.97. The van der Waals surface area contributed by atoms with Crippen molar-refractivity contribution in [2.24, 2.45) is 5.92 Å². The van der Waals surface area contributed by atoms with Crippen LogP contribution in [0, 0.1) is 5.92 Å². The minimum Gasteiger partial charge on any atom is -0.447 e. The van der Waals surface area contributed by atoms with Crippen LogP contribution in [0.5, 0.6) is 0 Å². The highest BCUT2D eigenvalue weighted by Gasteiger charge is 2.44. The number of hydrogen-bond acceptors (Lipinski definition) is 8. The molecule has 0 aromatic heterocycles. The van der Waals surface area contributed by atoms with Crippen LogP contribution in [0.15, 0.2) is 0 Å². The molecule has 0 aromatic carbocycles. The van der Waals surface area contributed by atoms with Crippen LogP contribution < -0.4 is 21.3 Å². The van der Waals surface area contributed by atoms with Crippen molar-refractivity contribution in [3.05, 3.63) is 0 Å². The minimum atomic E-state index is -1.28. The van der Waals surface area contributed by atoms with Crippen molar-refractivity contribution < 1.29 is 23.5 Å². The first-order valence-corrected chi connectivity index (χ1v) is 11.0. The van der Waals surface area contributed by atoms with Gasteiger partial charge in [0.2, 0.25) is 11.8 Å². The number of alkyl halides is 1. The van der Waals surface area contributed by atoms with Crippen LogP contribution in [-0.4, -0.2) is 58.2 Å². The molecular weight excluding hydrogens is 395 g/mol. The molecule has 3 rings (SSSR count). The highest BCUT2D eigenvalue weighted by Crippen LogP contribution is 2.38. The van der Waals surface area contributed by atoms with Crippen LogP contribution >= 0.6 is 23.5 Å². The molecule has 3 aliphatic rings. The van der Waals surface area contributed by atoms with Crippen molar-refractivity contribution in [3.63, 3.8) is 0 Å². The summed E-state index contributed by atoms with van der Waals surface area (Å²) in [7, 11) is 0. The number of carbonyl (C=O) groups is 3. The van der Waals surface area contributed by atoms with Gasteiger partial charge in [-0.05, 0) is 33.2 Å². The van der Waals surface area contributed by atoms with E-state index < -0.39 is 34.2 Å². The summed E-state index contributed by atoms with van der Waals surface area (Å²) in [6.45, 7) is 4.25. The Morgan fingerprint density at radius 2 is 2.00 bits per heavy atom. The van der Waals surface area contributed by atoms with Crippen LogP contribution in [0.4, 0.5) is 9.18 Å². The summed E-state index contributed by atoms with van der Waals surface area (Å²) in [5.41, 5.74) is -1.28. The Balaban J connectivity index is 1.55. The zero-order valence-electron chi connectivity index (χ0n) is 15.2. The van der Waals surface area contributed by atoms with Gasteiger partial charge in [-0.2, -0.15) is 0 Å². The lowest BCUT2D eigenvalue weighted by Gasteiger charge is -2.24. The van der Waals surface area contributed by atoms with Gasteiger partial charge in [-0.3, -0.25) is 20.2 Å². The number of piperidine rings is 1. The van der Waals surface area contributed by atoms with E-state index in [1.807, 2.05) is 0 Å². The fraction of sp³-hybridized carbons (Fsp3) is 0.812. The summed E-state index contributed by atoms with van der Waals surface area (Å²) < 4.78 is 18.8.